The minimum atomic E-state index is -0.428. The molecule has 1 aromatic rings. The Balaban J connectivity index is 2.20. The molecule has 0 saturated carbocycles. The maximum atomic E-state index is 12.0. The summed E-state index contributed by atoms with van der Waals surface area (Å²) in [4.78, 5) is 47.3. The average molecular weight is 461 g/mol. The third kappa shape index (κ3) is 13.7. The molecular weight excluding hydrogens is 424 g/mol. The summed E-state index contributed by atoms with van der Waals surface area (Å²) in [5, 5.41) is 11.0. The SMILES string of the molecule is CCCNC(=O)CCCOCCNC(=O)CC(=O)Nc1ccc(CC(=O)/C=C(/C)NC)cc1. The van der Waals surface area contributed by atoms with E-state index in [1.54, 1.807) is 37.4 Å². The van der Waals surface area contributed by atoms with Crippen molar-refractivity contribution in [3.05, 3.63) is 41.6 Å². The molecule has 1 rings (SSSR count). The molecule has 0 unspecified atom stereocenters. The van der Waals surface area contributed by atoms with Crippen LogP contribution in [0, 0.1) is 0 Å². The molecule has 0 aliphatic carbocycles. The molecule has 0 heterocycles. The van der Waals surface area contributed by atoms with E-state index in [4.69, 9.17) is 4.74 Å². The first-order valence-corrected chi connectivity index (χ1v) is 11.2. The van der Waals surface area contributed by atoms with E-state index in [2.05, 4.69) is 21.3 Å². The van der Waals surface area contributed by atoms with Crippen LogP contribution in [0.15, 0.2) is 36.0 Å². The van der Waals surface area contributed by atoms with Crippen LogP contribution in [-0.4, -0.2) is 56.9 Å². The number of nitrogens with one attached hydrogen (secondary N) is 4. The number of ether oxygens (including phenoxy) is 1. The first kappa shape index (κ1) is 27.8. The first-order chi connectivity index (χ1) is 15.8. The third-order valence-electron chi connectivity index (χ3n) is 4.54. The minimum absolute atomic E-state index is 0.0136. The Labute approximate surface area is 195 Å². The summed E-state index contributed by atoms with van der Waals surface area (Å²) in [6.07, 6.45) is 3.45. The number of carbonyl (C=O) groups excluding carboxylic acids is 4. The lowest BCUT2D eigenvalue weighted by molar-refractivity contribution is -0.127. The standard InChI is InChI=1S/C24H36N4O5/c1-4-11-26-22(30)6-5-13-33-14-12-27-23(31)17-24(32)28-20-9-7-19(8-10-20)16-21(29)15-18(2)25-3/h7-10,15,25H,4-6,11-14,16-17H2,1-3H3,(H,26,30)(H,27,31)(H,28,32)/b18-15-. The molecule has 0 radical (unpaired) electrons. The highest BCUT2D eigenvalue weighted by molar-refractivity contribution is 6.03. The van der Waals surface area contributed by atoms with Crippen molar-refractivity contribution in [3.63, 3.8) is 0 Å². The van der Waals surface area contributed by atoms with E-state index in [1.807, 2.05) is 13.8 Å². The number of carbonyl (C=O) groups is 4. The monoisotopic (exact) mass is 460 g/mol. The molecular formula is C24H36N4O5. The average Bonchev–Trinajstić information content (AvgIpc) is 2.78. The van der Waals surface area contributed by atoms with Gasteiger partial charge in [0.2, 0.25) is 17.7 Å². The quantitative estimate of drug-likeness (QED) is 0.169. The van der Waals surface area contributed by atoms with Gasteiger partial charge in [-0.2, -0.15) is 0 Å². The van der Waals surface area contributed by atoms with E-state index in [-0.39, 0.29) is 24.5 Å². The van der Waals surface area contributed by atoms with E-state index < -0.39 is 11.8 Å². The number of ketones is 1. The summed E-state index contributed by atoms with van der Waals surface area (Å²) in [5.74, 6) is -0.830. The van der Waals surface area contributed by atoms with Gasteiger partial charge < -0.3 is 26.0 Å². The van der Waals surface area contributed by atoms with Crippen molar-refractivity contribution in [2.24, 2.45) is 0 Å². The highest BCUT2D eigenvalue weighted by atomic mass is 16.5. The normalized spacial score (nSPS) is 10.9. The van der Waals surface area contributed by atoms with Crippen molar-refractivity contribution in [3.8, 4) is 0 Å². The number of rotatable bonds is 16. The summed E-state index contributed by atoms with van der Waals surface area (Å²) in [5.41, 5.74) is 2.18. The molecule has 9 nitrogen and oxygen atoms in total. The summed E-state index contributed by atoms with van der Waals surface area (Å²) in [7, 11) is 1.75. The van der Waals surface area contributed by atoms with Crippen LogP contribution in [0.3, 0.4) is 0 Å². The summed E-state index contributed by atoms with van der Waals surface area (Å²) < 4.78 is 5.38. The minimum Gasteiger partial charge on any atom is -0.392 e. The van der Waals surface area contributed by atoms with Crippen molar-refractivity contribution in [2.75, 3.05) is 38.7 Å². The lowest BCUT2D eigenvalue weighted by Crippen LogP contribution is -2.30. The van der Waals surface area contributed by atoms with Crippen LogP contribution in [0.2, 0.25) is 0 Å². The topological polar surface area (TPSA) is 126 Å². The van der Waals surface area contributed by atoms with E-state index in [0.29, 0.717) is 44.8 Å². The van der Waals surface area contributed by atoms with Crippen LogP contribution in [0.4, 0.5) is 5.69 Å². The van der Waals surface area contributed by atoms with Gasteiger partial charge in [0.1, 0.15) is 6.42 Å². The van der Waals surface area contributed by atoms with Crippen molar-refractivity contribution >= 4 is 29.2 Å². The molecule has 0 saturated heterocycles. The molecule has 33 heavy (non-hydrogen) atoms. The van der Waals surface area contributed by atoms with Crippen LogP contribution in [-0.2, 0) is 30.3 Å². The molecule has 4 N–H and O–H groups in total. The largest absolute Gasteiger partial charge is 0.392 e. The third-order valence-corrected chi connectivity index (χ3v) is 4.54. The lowest BCUT2D eigenvalue weighted by atomic mass is 10.1. The van der Waals surface area contributed by atoms with E-state index >= 15 is 0 Å². The van der Waals surface area contributed by atoms with Crippen molar-refractivity contribution in [2.45, 2.75) is 46.0 Å². The molecule has 1 aromatic carbocycles. The van der Waals surface area contributed by atoms with Crippen molar-refractivity contribution in [1.29, 1.82) is 0 Å². The molecule has 0 fully saturated rings. The molecule has 9 heteroatoms. The van der Waals surface area contributed by atoms with Crippen LogP contribution >= 0.6 is 0 Å². The Bertz CT molecular complexity index is 806. The second-order valence-electron chi connectivity index (χ2n) is 7.56. The lowest BCUT2D eigenvalue weighted by Gasteiger charge is -2.08. The van der Waals surface area contributed by atoms with Crippen molar-refractivity contribution < 1.29 is 23.9 Å². The van der Waals surface area contributed by atoms with Gasteiger partial charge in [-0.3, -0.25) is 19.2 Å². The molecule has 0 bridgehead atoms. The van der Waals surface area contributed by atoms with Crippen LogP contribution in [0.1, 0.15) is 45.1 Å². The van der Waals surface area contributed by atoms with Gasteiger partial charge in [0.05, 0.1) is 6.61 Å². The molecule has 3 amide bonds. The fourth-order valence-electron chi connectivity index (χ4n) is 2.74. The molecule has 0 aromatic heterocycles. The van der Waals surface area contributed by atoms with E-state index in [0.717, 1.165) is 17.7 Å². The summed E-state index contributed by atoms with van der Waals surface area (Å²) in [6.45, 7) is 5.53. The maximum Gasteiger partial charge on any atom is 0.233 e. The molecule has 0 aliphatic rings. The predicted octanol–water partition coefficient (Wildman–Crippen LogP) is 1.69. The number of anilines is 1. The van der Waals surface area contributed by atoms with Crippen molar-refractivity contribution in [1.82, 2.24) is 16.0 Å². The Morgan fingerprint density at radius 3 is 2.30 bits per heavy atom. The Morgan fingerprint density at radius 1 is 0.939 bits per heavy atom. The zero-order valence-electron chi connectivity index (χ0n) is 19.8. The Morgan fingerprint density at radius 2 is 1.64 bits per heavy atom. The van der Waals surface area contributed by atoms with E-state index in [9.17, 15) is 19.2 Å². The molecule has 0 aliphatic heterocycles. The number of amides is 3. The Kier molecular flexibility index (Phi) is 13.9. The maximum absolute atomic E-state index is 12.0. The van der Waals surface area contributed by atoms with Gasteiger partial charge in [-0.15, -0.1) is 0 Å². The number of benzene rings is 1. The second-order valence-corrected chi connectivity index (χ2v) is 7.56. The smallest absolute Gasteiger partial charge is 0.233 e. The predicted molar refractivity (Wildman–Crippen MR) is 128 cm³/mol. The highest BCUT2D eigenvalue weighted by Crippen LogP contribution is 2.11. The van der Waals surface area contributed by atoms with Gasteiger partial charge in [-0.25, -0.2) is 0 Å². The van der Waals surface area contributed by atoms with Gasteiger partial charge in [0.15, 0.2) is 5.78 Å². The number of allylic oxidation sites excluding steroid dienone is 2. The van der Waals surface area contributed by atoms with Gasteiger partial charge >= 0.3 is 0 Å². The molecule has 0 atom stereocenters. The fraction of sp³-hybridized carbons (Fsp3) is 0.500. The number of hydrogen-bond acceptors (Lipinski definition) is 6. The zero-order chi connectivity index (χ0) is 24.5. The van der Waals surface area contributed by atoms with Gasteiger partial charge in [0, 0.05) is 57.0 Å². The van der Waals surface area contributed by atoms with Crippen LogP contribution < -0.4 is 21.3 Å². The van der Waals surface area contributed by atoms with E-state index in [1.165, 1.54) is 0 Å². The van der Waals surface area contributed by atoms with Gasteiger partial charge in [-0.05, 0) is 37.5 Å². The highest BCUT2D eigenvalue weighted by Gasteiger charge is 2.10. The summed E-state index contributed by atoms with van der Waals surface area (Å²) in [6, 6.07) is 6.93. The number of hydrogen-bond donors (Lipinski definition) is 4. The van der Waals surface area contributed by atoms with Crippen LogP contribution in [0.25, 0.3) is 0 Å². The first-order valence-electron chi connectivity index (χ1n) is 11.2. The fourth-order valence-corrected chi connectivity index (χ4v) is 2.74. The zero-order valence-corrected chi connectivity index (χ0v) is 19.8. The van der Waals surface area contributed by atoms with Crippen LogP contribution in [0.5, 0.6) is 0 Å². The molecule has 0 spiro atoms. The molecule has 182 valence electrons. The van der Waals surface area contributed by atoms with Gasteiger partial charge in [-0.1, -0.05) is 19.1 Å². The summed E-state index contributed by atoms with van der Waals surface area (Å²) >= 11 is 0. The Hall–Kier alpha value is -3.20. The second kappa shape index (κ2) is 16.4. The van der Waals surface area contributed by atoms with Gasteiger partial charge in [0.25, 0.3) is 0 Å².